The van der Waals surface area contributed by atoms with Crippen molar-refractivity contribution in [3.8, 4) is 0 Å². The molecule has 2 aromatic rings. The number of nitrogens with zero attached hydrogens (tertiary/aromatic N) is 1. The third kappa shape index (κ3) is 4.63. The lowest BCUT2D eigenvalue weighted by molar-refractivity contribution is 0.0472. The summed E-state index contributed by atoms with van der Waals surface area (Å²) in [5.74, 6) is -0.666. The molecule has 2 rings (SSSR count). The normalized spacial score (nSPS) is 11.8. The zero-order chi connectivity index (χ0) is 19.5. The number of hydrogen-bond donors (Lipinski definition) is 0. The molecule has 0 aliphatic rings. The summed E-state index contributed by atoms with van der Waals surface area (Å²) in [5, 5.41) is 0.144. The molecule has 2 aromatic carbocycles. The summed E-state index contributed by atoms with van der Waals surface area (Å²) in [4.78, 5) is 12.4. The van der Waals surface area contributed by atoms with Crippen LogP contribution >= 0.6 is 11.6 Å². The average molecular weight is 396 g/mol. The minimum atomic E-state index is -3.72. The van der Waals surface area contributed by atoms with Gasteiger partial charge in [0.2, 0.25) is 10.0 Å². The molecule has 26 heavy (non-hydrogen) atoms. The molecule has 7 heteroatoms. The Hall–Kier alpha value is -1.89. The van der Waals surface area contributed by atoms with E-state index in [0.717, 1.165) is 11.1 Å². The molecule has 0 heterocycles. The van der Waals surface area contributed by atoms with Crippen LogP contribution in [0.5, 0.6) is 0 Å². The largest absolute Gasteiger partial charge is 0.457 e. The first-order valence-electron chi connectivity index (χ1n) is 8.13. The smallest absolute Gasteiger partial charge is 0.340 e. The van der Waals surface area contributed by atoms with Gasteiger partial charge >= 0.3 is 5.97 Å². The van der Waals surface area contributed by atoms with E-state index in [-0.39, 0.29) is 28.1 Å². The Bertz CT molecular complexity index is 910. The number of sulfonamides is 1. The van der Waals surface area contributed by atoms with Crippen molar-refractivity contribution < 1.29 is 17.9 Å². The van der Waals surface area contributed by atoms with Crippen molar-refractivity contribution in [2.45, 2.75) is 38.3 Å². The van der Waals surface area contributed by atoms with E-state index in [4.69, 9.17) is 16.3 Å². The molecule has 0 spiro atoms. The molecular formula is C19H22ClNO4S. The molecule has 5 nitrogen and oxygen atoms in total. The lowest BCUT2D eigenvalue weighted by Gasteiger charge is -2.21. The van der Waals surface area contributed by atoms with Gasteiger partial charge in [0.05, 0.1) is 15.5 Å². The Labute approximate surface area is 159 Å². The van der Waals surface area contributed by atoms with Gasteiger partial charge in [-0.05, 0) is 44.5 Å². The summed E-state index contributed by atoms with van der Waals surface area (Å²) in [5.41, 5.74) is 1.93. The van der Waals surface area contributed by atoms with Crippen LogP contribution in [0.4, 0.5) is 0 Å². The minimum Gasteiger partial charge on any atom is -0.457 e. The molecule has 0 atom stereocenters. The van der Waals surface area contributed by atoms with E-state index in [9.17, 15) is 13.2 Å². The van der Waals surface area contributed by atoms with Crippen LogP contribution in [0.2, 0.25) is 5.02 Å². The number of esters is 1. The second-order valence-corrected chi connectivity index (χ2v) is 8.73. The quantitative estimate of drug-likeness (QED) is 0.692. The number of halogens is 1. The van der Waals surface area contributed by atoms with E-state index in [1.165, 1.54) is 29.6 Å². The Balaban J connectivity index is 2.25. The Morgan fingerprint density at radius 1 is 1.19 bits per heavy atom. The first kappa shape index (κ1) is 20.4. The zero-order valence-corrected chi connectivity index (χ0v) is 16.8. The van der Waals surface area contributed by atoms with Gasteiger partial charge in [-0.1, -0.05) is 41.4 Å². The zero-order valence-electron chi connectivity index (χ0n) is 15.2. The average Bonchev–Trinajstić information content (AvgIpc) is 2.59. The highest BCUT2D eigenvalue weighted by atomic mass is 35.5. The lowest BCUT2D eigenvalue weighted by Crippen LogP contribution is -2.33. The maximum atomic E-state index is 12.6. The number of aryl methyl sites for hydroxylation is 1. The van der Waals surface area contributed by atoms with Gasteiger partial charge in [-0.2, -0.15) is 4.31 Å². The van der Waals surface area contributed by atoms with Crippen LogP contribution in [0, 0.1) is 6.92 Å². The molecule has 0 aliphatic heterocycles. The molecular weight excluding hydrogens is 374 g/mol. The van der Waals surface area contributed by atoms with Crippen molar-refractivity contribution in [3.05, 3.63) is 64.2 Å². The summed E-state index contributed by atoms with van der Waals surface area (Å²) < 4.78 is 31.7. The number of rotatable bonds is 6. The second kappa shape index (κ2) is 8.20. The van der Waals surface area contributed by atoms with Gasteiger partial charge in [0.1, 0.15) is 6.61 Å². The SMILES string of the molecule is Cc1cccc(COC(=O)c2cc(S(=O)(=O)N(C)C(C)C)ccc2Cl)c1. The van der Waals surface area contributed by atoms with Gasteiger partial charge in [-0.15, -0.1) is 0 Å². The second-order valence-electron chi connectivity index (χ2n) is 6.32. The molecule has 0 saturated carbocycles. The van der Waals surface area contributed by atoms with E-state index < -0.39 is 16.0 Å². The Kier molecular flexibility index (Phi) is 6.44. The van der Waals surface area contributed by atoms with Crippen molar-refractivity contribution in [1.29, 1.82) is 0 Å². The molecule has 0 bridgehead atoms. The lowest BCUT2D eigenvalue weighted by atomic mass is 10.1. The molecule has 140 valence electrons. The van der Waals surface area contributed by atoms with Crippen LogP contribution in [-0.4, -0.2) is 31.8 Å². The fourth-order valence-corrected chi connectivity index (χ4v) is 3.88. The highest BCUT2D eigenvalue weighted by molar-refractivity contribution is 7.89. The third-order valence-electron chi connectivity index (χ3n) is 4.01. The molecule has 0 fully saturated rings. The topological polar surface area (TPSA) is 63.7 Å². The van der Waals surface area contributed by atoms with Gasteiger partial charge in [0, 0.05) is 13.1 Å². The summed E-state index contributed by atoms with van der Waals surface area (Å²) in [7, 11) is -2.23. The number of carbonyl (C=O) groups excluding carboxylic acids is 1. The first-order chi connectivity index (χ1) is 12.1. The minimum absolute atomic E-state index is 0.000561. The highest BCUT2D eigenvalue weighted by Crippen LogP contribution is 2.24. The molecule has 0 N–H and O–H groups in total. The van der Waals surface area contributed by atoms with Gasteiger partial charge in [-0.3, -0.25) is 0 Å². The Morgan fingerprint density at radius 2 is 1.88 bits per heavy atom. The standard InChI is InChI=1S/C19H22ClNO4S/c1-13(2)21(4)26(23,24)16-8-9-18(20)17(11-16)19(22)25-12-15-7-5-6-14(3)10-15/h5-11,13H,12H2,1-4H3. The van der Waals surface area contributed by atoms with E-state index in [0.29, 0.717) is 0 Å². The maximum Gasteiger partial charge on any atom is 0.340 e. The van der Waals surface area contributed by atoms with E-state index in [1.807, 2.05) is 31.2 Å². The number of hydrogen-bond acceptors (Lipinski definition) is 4. The molecule has 0 saturated heterocycles. The van der Waals surface area contributed by atoms with Crippen LogP contribution < -0.4 is 0 Å². The summed E-state index contributed by atoms with van der Waals surface area (Å²) in [6.07, 6.45) is 0. The maximum absolute atomic E-state index is 12.6. The molecule has 0 unspecified atom stereocenters. The van der Waals surface area contributed by atoms with Gasteiger partial charge in [0.15, 0.2) is 0 Å². The summed E-state index contributed by atoms with van der Waals surface area (Å²) in [6, 6.07) is 11.4. The highest BCUT2D eigenvalue weighted by Gasteiger charge is 2.25. The van der Waals surface area contributed by atoms with Crippen molar-refractivity contribution >= 4 is 27.6 Å². The number of carbonyl (C=O) groups is 1. The van der Waals surface area contributed by atoms with E-state index in [2.05, 4.69) is 0 Å². The van der Waals surface area contributed by atoms with Gasteiger partial charge < -0.3 is 4.74 Å². The first-order valence-corrected chi connectivity index (χ1v) is 9.95. The molecule has 0 amide bonds. The molecule has 0 aliphatic carbocycles. The predicted octanol–water partition coefficient (Wildman–Crippen LogP) is 4.03. The van der Waals surface area contributed by atoms with E-state index in [1.54, 1.807) is 13.8 Å². The van der Waals surface area contributed by atoms with Crippen LogP contribution in [0.3, 0.4) is 0 Å². The fourth-order valence-electron chi connectivity index (χ4n) is 2.29. The van der Waals surface area contributed by atoms with E-state index >= 15 is 0 Å². The summed E-state index contributed by atoms with van der Waals surface area (Å²) in [6.45, 7) is 5.57. The van der Waals surface area contributed by atoms with Crippen molar-refractivity contribution in [3.63, 3.8) is 0 Å². The monoisotopic (exact) mass is 395 g/mol. The fraction of sp³-hybridized carbons (Fsp3) is 0.316. The predicted molar refractivity (Wildman–Crippen MR) is 102 cm³/mol. The van der Waals surface area contributed by atoms with Crippen LogP contribution in [0.15, 0.2) is 47.4 Å². The van der Waals surface area contributed by atoms with Crippen molar-refractivity contribution in [1.82, 2.24) is 4.31 Å². The number of ether oxygens (including phenoxy) is 1. The number of benzene rings is 2. The van der Waals surface area contributed by atoms with Crippen LogP contribution in [0.1, 0.15) is 35.3 Å². The Morgan fingerprint density at radius 3 is 2.50 bits per heavy atom. The molecule has 0 aromatic heterocycles. The third-order valence-corrected chi connectivity index (χ3v) is 6.37. The summed E-state index contributed by atoms with van der Waals surface area (Å²) >= 11 is 6.08. The van der Waals surface area contributed by atoms with Gasteiger partial charge in [0.25, 0.3) is 0 Å². The van der Waals surface area contributed by atoms with Crippen LogP contribution in [0.25, 0.3) is 0 Å². The van der Waals surface area contributed by atoms with Crippen molar-refractivity contribution in [2.75, 3.05) is 7.05 Å². The van der Waals surface area contributed by atoms with Crippen LogP contribution in [-0.2, 0) is 21.4 Å². The molecule has 0 radical (unpaired) electrons. The van der Waals surface area contributed by atoms with Crippen molar-refractivity contribution in [2.24, 2.45) is 0 Å². The van der Waals surface area contributed by atoms with Gasteiger partial charge in [-0.25, -0.2) is 13.2 Å².